The van der Waals surface area contributed by atoms with Crippen molar-refractivity contribution >= 4 is 17.0 Å². The van der Waals surface area contributed by atoms with Crippen LogP contribution in [0.4, 0.5) is 10.1 Å². The van der Waals surface area contributed by atoms with Crippen LogP contribution >= 0.6 is 11.3 Å². The molecule has 0 aliphatic rings. The molecule has 17 heavy (non-hydrogen) atoms. The normalized spacial score (nSPS) is 10.5. The first-order valence-electron chi connectivity index (χ1n) is 5.37. The monoisotopic (exact) mass is 251 g/mol. The van der Waals surface area contributed by atoms with E-state index in [2.05, 4.69) is 0 Å². The van der Waals surface area contributed by atoms with Gasteiger partial charge in [0.2, 0.25) is 0 Å². The molecule has 0 atom stereocenters. The maximum absolute atomic E-state index is 13.5. The molecule has 0 saturated heterocycles. The molecule has 1 aromatic heterocycles. The largest absolute Gasteiger partial charge is 0.490 e. The molecule has 2 nitrogen and oxygen atoms in total. The van der Waals surface area contributed by atoms with Gasteiger partial charge < -0.3 is 10.5 Å². The van der Waals surface area contributed by atoms with Crippen LogP contribution in [0.25, 0.3) is 0 Å². The van der Waals surface area contributed by atoms with E-state index < -0.39 is 5.82 Å². The molecule has 0 amide bonds. The summed E-state index contributed by atoms with van der Waals surface area (Å²) in [6, 6.07) is 6.97. The molecule has 2 N–H and O–H groups in total. The van der Waals surface area contributed by atoms with Crippen LogP contribution in [0.1, 0.15) is 10.4 Å². The third-order valence-electron chi connectivity index (χ3n) is 2.51. The molecular weight excluding hydrogens is 237 g/mol. The van der Waals surface area contributed by atoms with Gasteiger partial charge in [0, 0.05) is 23.1 Å². The highest BCUT2D eigenvalue weighted by atomic mass is 32.1. The number of nitrogens with two attached hydrogens (primary N) is 1. The summed E-state index contributed by atoms with van der Waals surface area (Å²) in [5.74, 6) is -0.132. The van der Waals surface area contributed by atoms with Crippen molar-refractivity contribution in [3.05, 3.63) is 45.9 Å². The van der Waals surface area contributed by atoms with E-state index >= 15 is 0 Å². The van der Waals surface area contributed by atoms with Gasteiger partial charge in [0.1, 0.15) is 0 Å². The smallest absolute Gasteiger partial charge is 0.167 e. The molecule has 0 spiro atoms. The molecule has 0 unspecified atom stereocenters. The first-order chi connectivity index (χ1) is 8.16. The number of ether oxygens (including phenoxy) is 1. The van der Waals surface area contributed by atoms with Crippen LogP contribution in [0, 0.1) is 12.7 Å². The Bertz CT molecular complexity index is 496. The molecule has 1 aromatic carbocycles. The second-order valence-corrected chi connectivity index (χ2v) is 4.85. The average molecular weight is 251 g/mol. The number of anilines is 1. The first-order valence-corrected chi connectivity index (χ1v) is 6.25. The predicted molar refractivity (Wildman–Crippen MR) is 69.1 cm³/mol. The van der Waals surface area contributed by atoms with Gasteiger partial charge in [0.15, 0.2) is 11.6 Å². The van der Waals surface area contributed by atoms with Crippen LogP contribution in [0.3, 0.4) is 0 Å². The summed E-state index contributed by atoms with van der Waals surface area (Å²) < 4.78 is 18.9. The zero-order valence-corrected chi connectivity index (χ0v) is 10.4. The summed E-state index contributed by atoms with van der Waals surface area (Å²) in [6.07, 6.45) is 0.792. The van der Waals surface area contributed by atoms with E-state index in [0.717, 1.165) is 12.0 Å². The maximum Gasteiger partial charge on any atom is 0.167 e. The minimum atomic E-state index is -0.403. The van der Waals surface area contributed by atoms with E-state index in [1.54, 1.807) is 17.4 Å². The van der Waals surface area contributed by atoms with Crippen LogP contribution in [0.15, 0.2) is 29.6 Å². The lowest BCUT2D eigenvalue weighted by Gasteiger charge is -2.09. The van der Waals surface area contributed by atoms with E-state index in [4.69, 9.17) is 10.5 Å². The van der Waals surface area contributed by atoms with Gasteiger partial charge in [-0.05, 0) is 30.0 Å². The Morgan fingerprint density at radius 3 is 2.94 bits per heavy atom. The molecule has 4 heteroatoms. The minimum Gasteiger partial charge on any atom is -0.490 e. The lowest BCUT2D eigenvalue weighted by molar-refractivity contribution is 0.306. The van der Waals surface area contributed by atoms with Gasteiger partial charge >= 0.3 is 0 Å². The van der Waals surface area contributed by atoms with Crippen LogP contribution in [0.2, 0.25) is 0 Å². The van der Waals surface area contributed by atoms with Crippen molar-refractivity contribution < 1.29 is 9.13 Å². The number of nitrogen functional groups attached to an aromatic ring is 1. The number of halogens is 1. The number of rotatable bonds is 4. The quantitative estimate of drug-likeness (QED) is 0.845. The fourth-order valence-electron chi connectivity index (χ4n) is 1.50. The predicted octanol–water partition coefficient (Wildman–Crippen LogP) is 3.40. The third-order valence-corrected chi connectivity index (χ3v) is 3.44. The highest BCUT2D eigenvalue weighted by Crippen LogP contribution is 2.23. The van der Waals surface area contributed by atoms with Crippen molar-refractivity contribution in [1.29, 1.82) is 0 Å². The van der Waals surface area contributed by atoms with Crippen molar-refractivity contribution in [2.24, 2.45) is 0 Å². The third kappa shape index (κ3) is 2.97. The van der Waals surface area contributed by atoms with E-state index in [-0.39, 0.29) is 5.75 Å². The Morgan fingerprint density at radius 1 is 1.41 bits per heavy atom. The van der Waals surface area contributed by atoms with Crippen LogP contribution < -0.4 is 10.5 Å². The molecular formula is C13H14FNOS. The Hall–Kier alpha value is -1.55. The van der Waals surface area contributed by atoms with Crippen LogP contribution in [-0.4, -0.2) is 6.61 Å². The number of benzene rings is 1. The maximum atomic E-state index is 13.5. The van der Waals surface area contributed by atoms with Crippen molar-refractivity contribution in [2.45, 2.75) is 13.3 Å². The number of hydrogen-bond acceptors (Lipinski definition) is 3. The van der Waals surface area contributed by atoms with Gasteiger partial charge in [-0.15, -0.1) is 11.3 Å². The Labute approximate surface area is 104 Å². The topological polar surface area (TPSA) is 35.2 Å². The van der Waals surface area contributed by atoms with Gasteiger partial charge in [-0.2, -0.15) is 0 Å². The van der Waals surface area contributed by atoms with Gasteiger partial charge in [0.25, 0.3) is 0 Å². The fraction of sp³-hybridized carbons (Fsp3) is 0.231. The molecule has 0 aliphatic carbocycles. The van der Waals surface area contributed by atoms with Crippen molar-refractivity contribution in [2.75, 3.05) is 12.3 Å². The van der Waals surface area contributed by atoms with E-state index in [9.17, 15) is 4.39 Å². The zero-order chi connectivity index (χ0) is 12.3. The molecule has 0 fully saturated rings. The number of aryl methyl sites for hydroxylation is 1. The van der Waals surface area contributed by atoms with E-state index in [1.165, 1.54) is 10.9 Å². The van der Waals surface area contributed by atoms with Gasteiger partial charge in [-0.25, -0.2) is 4.39 Å². The Morgan fingerprint density at radius 2 is 2.24 bits per heavy atom. The first kappa shape index (κ1) is 11.9. The van der Waals surface area contributed by atoms with E-state index in [1.807, 2.05) is 24.4 Å². The Balaban J connectivity index is 1.97. The lowest BCUT2D eigenvalue weighted by atomic mass is 10.2. The fourth-order valence-corrected chi connectivity index (χ4v) is 2.19. The second-order valence-electron chi connectivity index (χ2n) is 3.82. The van der Waals surface area contributed by atoms with Crippen LogP contribution in [-0.2, 0) is 6.42 Å². The molecule has 0 aliphatic heterocycles. The van der Waals surface area contributed by atoms with Gasteiger partial charge in [0.05, 0.1) is 6.61 Å². The highest BCUT2D eigenvalue weighted by molar-refractivity contribution is 7.09. The van der Waals surface area contributed by atoms with Crippen molar-refractivity contribution in [1.82, 2.24) is 0 Å². The molecule has 1 heterocycles. The molecule has 0 bridgehead atoms. The van der Waals surface area contributed by atoms with E-state index in [0.29, 0.717) is 12.3 Å². The number of thiophene rings is 1. The van der Waals surface area contributed by atoms with Crippen molar-refractivity contribution in [3.8, 4) is 5.75 Å². The summed E-state index contributed by atoms with van der Waals surface area (Å²) in [4.78, 5) is 1.23. The van der Waals surface area contributed by atoms with Crippen molar-refractivity contribution in [3.63, 3.8) is 0 Å². The molecule has 90 valence electrons. The molecule has 2 aromatic rings. The Kier molecular flexibility index (Phi) is 3.64. The minimum absolute atomic E-state index is 0.272. The summed E-state index contributed by atoms with van der Waals surface area (Å²) in [5, 5.41) is 2.02. The summed E-state index contributed by atoms with van der Waals surface area (Å²) in [6.45, 7) is 2.31. The second kappa shape index (κ2) is 5.19. The zero-order valence-electron chi connectivity index (χ0n) is 9.57. The van der Waals surface area contributed by atoms with Gasteiger partial charge in [-0.3, -0.25) is 0 Å². The standard InChI is InChI=1S/C13H14FNOS/c1-9-7-13(11(14)8-12(9)15)16-5-4-10-3-2-6-17-10/h2-3,6-8H,4-5,15H2,1H3. The highest BCUT2D eigenvalue weighted by Gasteiger charge is 2.06. The number of hydrogen-bond donors (Lipinski definition) is 1. The lowest BCUT2D eigenvalue weighted by Crippen LogP contribution is -2.03. The van der Waals surface area contributed by atoms with Gasteiger partial charge in [-0.1, -0.05) is 6.07 Å². The summed E-state index contributed by atoms with van der Waals surface area (Å²) in [7, 11) is 0. The van der Waals surface area contributed by atoms with Crippen LogP contribution in [0.5, 0.6) is 5.75 Å². The average Bonchev–Trinajstić information content (AvgIpc) is 2.78. The summed E-state index contributed by atoms with van der Waals surface area (Å²) in [5.41, 5.74) is 6.88. The summed E-state index contributed by atoms with van der Waals surface area (Å²) >= 11 is 1.67. The molecule has 2 rings (SSSR count). The molecule has 0 saturated carbocycles. The molecule has 0 radical (unpaired) electrons. The SMILES string of the molecule is Cc1cc(OCCc2cccs2)c(F)cc1N.